The number of aromatic nitrogens is 1. The van der Waals surface area contributed by atoms with Crippen LogP contribution in [0.25, 0.3) is 52.0 Å². The molecule has 0 bridgehead atoms. The van der Waals surface area contributed by atoms with Crippen molar-refractivity contribution in [2.24, 2.45) is 5.92 Å². The first-order valence-corrected chi connectivity index (χ1v) is 14.8. The minimum absolute atomic E-state index is 0.0483. The smallest absolute Gasteiger partial charge is 0.0880 e. The number of thiophene rings is 2. The van der Waals surface area contributed by atoms with Crippen LogP contribution in [0, 0.1) is 12.8 Å². The minimum Gasteiger partial charge on any atom is -0.255 e. The summed E-state index contributed by atoms with van der Waals surface area (Å²) in [6, 6.07) is 25.0. The molecule has 6 rings (SSSR count). The molecule has 3 aromatic heterocycles. The molecule has 0 atom stereocenters. The SMILES string of the molecule is Cc1c(-c2cc3ccnc(-c4cc(C(C)(C)C)c5ccccc5c4)c3s2)sc2cc(CC(C)C)ccc12. The van der Waals surface area contributed by atoms with Gasteiger partial charge in [-0.05, 0) is 93.2 Å². The molecular formula is C34H33NS2. The molecule has 3 heterocycles. The van der Waals surface area contributed by atoms with Crippen LogP contribution in [0.15, 0.2) is 72.9 Å². The Bertz CT molecular complexity index is 1780. The summed E-state index contributed by atoms with van der Waals surface area (Å²) in [7, 11) is 0. The summed E-state index contributed by atoms with van der Waals surface area (Å²) in [6.45, 7) is 13.8. The van der Waals surface area contributed by atoms with Crippen molar-refractivity contribution in [2.75, 3.05) is 0 Å². The van der Waals surface area contributed by atoms with Gasteiger partial charge < -0.3 is 0 Å². The van der Waals surface area contributed by atoms with Gasteiger partial charge in [-0.1, -0.05) is 71.0 Å². The van der Waals surface area contributed by atoms with Crippen molar-refractivity contribution in [3.05, 3.63) is 89.6 Å². The first-order valence-electron chi connectivity index (χ1n) is 13.1. The third kappa shape index (κ3) is 4.39. The molecule has 1 nitrogen and oxygen atoms in total. The molecule has 3 aromatic carbocycles. The van der Waals surface area contributed by atoms with Crippen LogP contribution in [0.3, 0.4) is 0 Å². The predicted octanol–water partition coefficient (Wildman–Crippen LogP) is 10.8. The highest BCUT2D eigenvalue weighted by atomic mass is 32.1. The monoisotopic (exact) mass is 519 g/mol. The fourth-order valence-corrected chi connectivity index (χ4v) is 8.05. The average molecular weight is 520 g/mol. The fourth-order valence-electron chi connectivity index (χ4n) is 5.45. The van der Waals surface area contributed by atoms with E-state index >= 15 is 0 Å². The lowest BCUT2D eigenvalue weighted by Gasteiger charge is -2.22. The lowest BCUT2D eigenvalue weighted by molar-refractivity contribution is 0.596. The van der Waals surface area contributed by atoms with Crippen LogP contribution in [0.1, 0.15) is 51.3 Å². The molecule has 0 aliphatic rings. The van der Waals surface area contributed by atoms with Gasteiger partial charge in [0.1, 0.15) is 0 Å². The number of rotatable bonds is 4. The number of pyridine rings is 1. The van der Waals surface area contributed by atoms with Crippen molar-refractivity contribution in [2.45, 2.75) is 53.4 Å². The number of nitrogens with zero attached hydrogens (tertiary/aromatic N) is 1. The third-order valence-corrected chi connectivity index (χ3v) is 9.84. The molecule has 0 amide bonds. The third-order valence-electron chi connectivity index (χ3n) is 7.25. The molecule has 0 saturated heterocycles. The summed E-state index contributed by atoms with van der Waals surface area (Å²) in [5.74, 6) is 0.667. The van der Waals surface area contributed by atoms with Gasteiger partial charge >= 0.3 is 0 Å². The highest BCUT2D eigenvalue weighted by molar-refractivity contribution is 7.29. The van der Waals surface area contributed by atoms with Crippen LogP contribution in [0.5, 0.6) is 0 Å². The van der Waals surface area contributed by atoms with E-state index in [9.17, 15) is 0 Å². The molecule has 0 saturated carbocycles. The van der Waals surface area contributed by atoms with E-state index < -0.39 is 0 Å². The Balaban J connectivity index is 1.51. The standard InChI is InChI=1S/C34H33NS2/c1-20(2)15-22-11-12-26-21(3)32(36-29(26)16-22)30-19-24-13-14-35-31(33(24)37-30)25-17-23-9-7-8-10-27(23)28(18-25)34(4,5)6/h7-14,16-20H,15H2,1-6H3. The summed E-state index contributed by atoms with van der Waals surface area (Å²) in [4.78, 5) is 7.66. The van der Waals surface area contributed by atoms with E-state index in [1.54, 1.807) is 0 Å². The van der Waals surface area contributed by atoms with Gasteiger partial charge in [-0.3, -0.25) is 4.98 Å². The number of aryl methyl sites for hydroxylation is 1. The van der Waals surface area contributed by atoms with Crippen LogP contribution >= 0.6 is 22.7 Å². The Morgan fingerprint density at radius 3 is 2.43 bits per heavy atom. The topological polar surface area (TPSA) is 12.9 Å². The minimum atomic E-state index is 0.0483. The van der Waals surface area contributed by atoms with Gasteiger partial charge in [-0.2, -0.15) is 0 Å². The molecule has 0 aliphatic carbocycles. The van der Waals surface area contributed by atoms with Gasteiger partial charge in [0.25, 0.3) is 0 Å². The molecule has 37 heavy (non-hydrogen) atoms. The second-order valence-electron chi connectivity index (χ2n) is 11.7. The van der Waals surface area contributed by atoms with Gasteiger partial charge in [0.2, 0.25) is 0 Å². The molecule has 0 N–H and O–H groups in total. The van der Waals surface area contributed by atoms with Crippen LogP contribution in [-0.2, 0) is 11.8 Å². The summed E-state index contributed by atoms with van der Waals surface area (Å²) < 4.78 is 2.66. The maximum atomic E-state index is 4.93. The Labute approximate surface area is 227 Å². The first-order chi connectivity index (χ1) is 17.7. The van der Waals surface area contributed by atoms with Crippen molar-refractivity contribution < 1.29 is 0 Å². The number of hydrogen-bond donors (Lipinski definition) is 0. The van der Waals surface area contributed by atoms with Gasteiger partial charge in [-0.15, -0.1) is 22.7 Å². The van der Waals surface area contributed by atoms with E-state index in [1.165, 1.54) is 63.0 Å². The first kappa shape index (κ1) is 24.3. The fraction of sp³-hybridized carbons (Fsp3) is 0.265. The lowest BCUT2D eigenvalue weighted by Crippen LogP contribution is -2.12. The average Bonchev–Trinajstić information content (AvgIpc) is 3.43. The van der Waals surface area contributed by atoms with Crippen molar-refractivity contribution in [1.82, 2.24) is 4.98 Å². The zero-order valence-electron chi connectivity index (χ0n) is 22.5. The van der Waals surface area contributed by atoms with E-state index in [1.807, 2.05) is 28.9 Å². The van der Waals surface area contributed by atoms with Crippen LogP contribution in [-0.4, -0.2) is 4.98 Å². The molecule has 6 aromatic rings. The summed E-state index contributed by atoms with van der Waals surface area (Å²) in [6.07, 6.45) is 3.10. The highest BCUT2D eigenvalue weighted by Gasteiger charge is 2.20. The number of fused-ring (bicyclic) bond motifs is 3. The maximum Gasteiger partial charge on any atom is 0.0880 e. The van der Waals surface area contributed by atoms with Crippen molar-refractivity contribution >= 4 is 53.6 Å². The number of benzene rings is 3. The van der Waals surface area contributed by atoms with Crippen LogP contribution in [0.4, 0.5) is 0 Å². The predicted molar refractivity (Wildman–Crippen MR) is 165 cm³/mol. The van der Waals surface area contributed by atoms with Crippen molar-refractivity contribution in [1.29, 1.82) is 0 Å². The van der Waals surface area contributed by atoms with Crippen LogP contribution < -0.4 is 0 Å². The van der Waals surface area contributed by atoms with E-state index in [-0.39, 0.29) is 5.41 Å². The lowest BCUT2D eigenvalue weighted by atomic mass is 9.82. The molecule has 186 valence electrons. The molecule has 0 unspecified atom stereocenters. The Kier molecular flexibility index (Phi) is 5.97. The second-order valence-corrected chi connectivity index (χ2v) is 13.8. The second kappa shape index (κ2) is 9.08. The van der Waals surface area contributed by atoms with Gasteiger partial charge in [0.15, 0.2) is 0 Å². The van der Waals surface area contributed by atoms with E-state index in [4.69, 9.17) is 4.98 Å². The van der Waals surface area contributed by atoms with Gasteiger partial charge in [0, 0.05) is 26.2 Å². The maximum absolute atomic E-state index is 4.93. The normalized spacial score (nSPS) is 12.4. The highest BCUT2D eigenvalue weighted by Crippen LogP contribution is 2.45. The zero-order valence-corrected chi connectivity index (χ0v) is 24.1. The van der Waals surface area contributed by atoms with Crippen molar-refractivity contribution in [3.8, 4) is 21.0 Å². The molecule has 3 heteroatoms. The molecule has 0 radical (unpaired) electrons. The Hall–Kier alpha value is -3.01. The Morgan fingerprint density at radius 2 is 1.65 bits per heavy atom. The number of hydrogen-bond acceptors (Lipinski definition) is 3. The Morgan fingerprint density at radius 1 is 0.838 bits per heavy atom. The van der Waals surface area contributed by atoms with Crippen LogP contribution in [0.2, 0.25) is 0 Å². The molecular weight excluding hydrogens is 487 g/mol. The zero-order chi connectivity index (χ0) is 25.9. The molecule has 0 spiro atoms. The van der Waals surface area contributed by atoms with Gasteiger partial charge in [0.05, 0.1) is 10.4 Å². The van der Waals surface area contributed by atoms with Gasteiger partial charge in [-0.25, -0.2) is 0 Å². The summed E-state index contributed by atoms with van der Waals surface area (Å²) in [5, 5.41) is 5.26. The summed E-state index contributed by atoms with van der Waals surface area (Å²) >= 11 is 3.82. The van der Waals surface area contributed by atoms with E-state index in [0.29, 0.717) is 5.92 Å². The molecule has 0 aliphatic heterocycles. The quantitative estimate of drug-likeness (QED) is 0.226. The van der Waals surface area contributed by atoms with E-state index in [2.05, 4.69) is 108 Å². The summed E-state index contributed by atoms with van der Waals surface area (Å²) in [5.41, 5.74) is 6.53. The molecule has 0 fully saturated rings. The largest absolute Gasteiger partial charge is 0.255 e. The van der Waals surface area contributed by atoms with Crippen molar-refractivity contribution in [3.63, 3.8) is 0 Å². The van der Waals surface area contributed by atoms with E-state index in [0.717, 1.165) is 12.1 Å².